The summed E-state index contributed by atoms with van der Waals surface area (Å²) in [5, 5.41) is 2.76. The molecule has 0 fully saturated rings. The fourth-order valence-corrected chi connectivity index (χ4v) is 1.06. The first kappa shape index (κ1) is 6.33. The molecule has 0 spiro atoms. The zero-order chi connectivity index (χ0) is 6.85. The van der Waals surface area contributed by atoms with Crippen molar-refractivity contribution in [1.82, 2.24) is 5.32 Å². The second-order valence-corrected chi connectivity index (χ2v) is 2.31. The maximum Gasteiger partial charge on any atom is 0.228 e. The van der Waals surface area contributed by atoms with E-state index in [1.54, 1.807) is 0 Å². The van der Waals surface area contributed by atoms with Gasteiger partial charge in [0, 0.05) is 12.1 Å². The van der Waals surface area contributed by atoms with Crippen LogP contribution < -0.4 is 5.32 Å². The van der Waals surface area contributed by atoms with Crippen LogP contribution in [-0.4, -0.2) is 5.91 Å². The Kier molecular flexibility index (Phi) is 1.56. The summed E-state index contributed by atoms with van der Waals surface area (Å²) in [6.07, 6.45) is 1.60. The van der Waals surface area contributed by atoms with Crippen molar-refractivity contribution in [2.45, 2.75) is 26.7 Å². The molecule has 0 aliphatic carbocycles. The summed E-state index contributed by atoms with van der Waals surface area (Å²) in [4.78, 5) is 10.7. The van der Waals surface area contributed by atoms with E-state index in [0.29, 0.717) is 6.42 Å². The average molecular weight is 125 g/mol. The summed E-state index contributed by atoms with van der Waals surface area (Å²) in [7, 11) is 0. The van der Waals surface area contributed by atoms with Crippen LogP contribution in [0.25, 0.3) is 0 Å². The molecule has 1 aliphatic rings. The molecule has 2 nitrogen and oxygen atoms in total. The number of hydrogen-bond donors (Lipinski definition) is 1. The molecule has 0 atom stereocenters. The minimum atomic E-state index is 0.143. The third-order valence-electron chi connectivity index (χ3n) is 1.66. The molecule has 0 radical (unpaired) electrons. The van der Waals surface area contributed by atoms with Gasteiger partial charge in [-0.25, -0.2) is 0 Å². The van der Waals surface area contributed by atoms with E-state index in [0.717, 1.165) is 12.1 Å². The van der Waals surface area contributed by atoms with Crippen molar-refractivity contribution in [2.24, 2.45) is 0 Å². The highest BCUT2D eigenvalue weighted by atomic mass is 16.1. The fraction of sp³-hybridized carbons (Fsp3) is 0.571. The van der Waals surface area contributed by atoms with Crippen molar-refractivity contribution in [2.75, 3.05) is 0 Å². The third-order valence-corrected chi connectivity index (χ3v) is 1.66. The van der Waals surface area contributed by atoms with Crippen LogP contribution in [0.15, 0.2) is 11.3 Å². The lowest BCUT2D eigenvalue weighted by molar-refractivity contribution is -0.118. The zero-order valence-corrected chi connectivity index (χ0v) is 5.82. The van der Waals surface area contributed by atoms with E-state index in [1.807, 2.05) is 6.92 Å². The smallest absolute Gasteiger partial charge is 0.228 e. The highest BCUT2D eigenvalue weighted by Crippen LogP contribution is 2.16. The molecule has 1 aliphatic heterocycles. The topological polar surface area (TPSA) is 29.1 Å². The minimum Gasteiger partial charge on any atom is -0.330 e. The maximum absolute atomic E-state index is 10.7. The molecule has 1 heterocycles. The van der Waals surface area contributed by atoms with E-state index in [9.17, 15) is 4.79 Å². The van der Waals surface area contributed by atoms with Crippen LogP contribution in [0.2, 0.25) is 0 Å². The fourth-order valence-electron chi connectivity index (χ4n) is 1.06. The number of allylic oxidation sites excluding steroid dienone is 1. The molecule has 1 rings (SSSR count). The Hall–Kier alpha value is -0.790. The van der Waals surface area contributed by atoms with E-state index < -0.39 is 0 Å². The van der Waals surface area contributed by atoms with E-state index in [1.165, 1.54) is 5.57 Å². The molecule has 0 aromatic carbocycles. The second-order valence-electron chi connectivity index (χ2n) is 2.31. The van der Waals surface area contributed by atoms with Crippen LogP contribution >= 0.6 is 0 Å². The SMILES string of the molecule is CCC1=C(C)NC(=O)C1. The molecule has 9 heavy (non-hydrogen) atoms. The first-order valence-corrected chi connectivity index (χ1v) is 3.22. The molecular weight excluding hydrogens is 114 g/mol. The number of hydrogen-bond acceptors (Lipinski definition) is 1. The molecule has 0 aromatic heterocycles. The number of carbonyl (C=O) groups is 1. The van der Waals surface area contributed by atoms with Crippen molar-refractivity contribution >= 4 is 5.91 Å². The van der Waals surface area contributed by atoms with Gasteiger partial charge in [0.25, 0.3) is 0 Å². The summed E-state index contributed by atoms with van der Waals surface area (Å²) in [5.74, 6) is 0.143. The lowest BCUT2D eigenvalue weighted by Crippen LogP contribution is -2.12. The molecule has 50 valence electrons. The van der Waals surface area contributed by atoms with Crippen LogP contribution in [0.4, 0.5) is 0 Å². The van der Waals surface area contributed by atoms with Crippen LogP contribution in [0, 0.1) is 0 Å². The second kappa shape index (κ2) is 2.21. The first-order valence-electron chi connectivity index (χ1n) is 3.22. The predicted molar refractivity (Wildman–Crippen MR) is 35.8 cm³/mol. The summed E-state index contributed by atoms with van der Waals surface area (Å²) < 4.78 is 0. The molecule has 1 N–H and O–H groups in total. The van der Waals surface area contributed by atoms with Crippen molar-refractivity contribution < 1.29 is 4.79 Å². The third kappa shape index (κ3) is 1.12. The van der Waals surface area contributed by atoms with Gasteiger partial charge in [0.15, 0.2) is 0 Å². The van der Waals surface area contributed by atoms with Gasteiger partial charge in [-0.05, 0) is 18.9 Å². The normalized spacial score (nSPS) is 18.7. The number of amides is 1. The highest BCUT2D eigenvalue weighted by Gasteiger charge is 2.14. The Bertz CT molecular complexity index is 170. The predicted octanol–water partition coefficient (Wildman–Crippen LogP) is 1.19. The van der Waals surface area contributed by atoms with Crippen molar-refractivity contribution in [3.05, 3.63) is 11.3 Å². The van der Waals surface area contributed by atoms with Crippen LogP contribution in [0.3, 0.4) is 0 Å². The van der Waals surface area contributed by atoms with E-state index in [-0.39, 0.29) is 5.91 Å². The van der Waals surface area contributed by atoms with Gasteiger partial charge in [-0.15, -0.1) is 0 Å². The highest BCUT2D eigenvalue weighted by molar-refractivity contribution is 5.83. The Morgan fingerprint density at radius 1 is 1.67 bits per heavy atom. The largest absolute Gasteiger partial charge is 0.330 e. The average Bonchev–Trinajstić information content (AvgIpc) is 2.10. The quantitative estimate of drug-likeness (QED) is 0.560. The van der Waals surface area contributed by atoms with Crippen LogP contribution in [-0.2, 0) is 4.79 Å². The molecule has 2 heteroatoms. The van der Waals surface area contributed by atoms with Gasteiger partial charge in [0.1, 0.15) is 0 Å². The van der Waals surface area contributed by atoms with Crippen molar-refractivity contribution in [1.29, 1.82) is 0 Å². The van der Waals surface area contributed by atoms with Crippen molar-refractivity contribution in [3.8, 4) is 0 Å². The molecule has 0 aromatic rings. The summed E-state index contributed by atoms with van der Waals surface area (Å²) in [6.45, 7) is 4.02. The summed E-state index contributed by atoms with van der Waals surface area (Å²) in [6, 6.07) is 0. The van der Waals surface area contributed by atoms with Gasteiger partial charge in [-0.3, -0.25) is 4.79 Å². The van der Waals surface area contributed by atoms with Gasteiger partial charge in [-0.2, -0.15) is 0 Å². The lowest BCUT2D eigenvalue weighted by atomic mass is 10.1. The van der Waals surface area contributed by atoms with Gasteiger partial charge in [0.2, 0.25) is 5.91 Å². The Balaban J connectivity index is 2.69. The number of carbonyl (C=O) groups excluding carboxylic acids is 1. The molecule has 1 amide bonds. The Morgan fingerprint density at radius 2 is 2.33 bits per heavy atom. The maximum atomic E-state index is 10.7. The number of rotatable bonds is 1. The van der Waals surface area contributed by atoms with Gasteiger partial charge >= 0.3 is 0 Å². The molecule has 0 saturated carbocycles. The van der Waals surface area contributed by atoms with Gasteiger partial charge in [0.05, 0.1) is 0 Å². The Labute approximate surface area is 54.9 Å². The van der Waals surface area contributed by atoms with Gasteiger partial charge < -0.3 is 5.32 Å². The van der Waals surface area contributed by atoms with E-state index in [2.05, 4.69) is 12.2 Å². The lowest BCUT2D eigenvalue weighted by Gasteiger charge is -1.93. The molecule has 0 unspecified atom stereocenters. The van der Waals surface area contributed by atoms with Crippen LogP contribution in [0.5, 0.6) is 0 Å². The zero-order valence-electron chi connectivity index (χ0n) is 5.82. The van der Waals surface area contributed by atoms with E-state index in [4.69, 9.17) is 0 Å². The molecule has 0 bridgehead atoms. The molecular formula is C7H11NO. The monoisotopic (exact) mass is 125 g/mol. The first-order chi connectivity index (χ1) is 4.24. The van der Waals surface area contributed by atoms with Crippen LogP contribution in [0.1, 0.15) is 26.7 Å². The number of nitrogens with one attached hydrogen (secondary N) is 1. The molecule has 0 saturated heterocycles. The van der Waals surface area contributed by atoms with Gasteiger partial charge in [-0.1, -0.05) is 6.92 Å². The summed E-state index contributed by atoms with van der Waals surface area (Å²) in [5.41, 5.74) is 2.31. The standard InChI is InChI=1S/C7H11NO/c1-3-6-4-7(9)8-5(6)2/h3-4H2,1-2H3,(H,8,9). The summed E-state index contributed by atoms with van der Waals surface area (Å²) >= 11 is 0. The van der Waals surface area contributed by atoms with Crippen molar-refractivity contribution in [3.63, 3.8) is 0 Å². The minimum absolute atomic E-state index is 0.143. The Morgan fingerprint density at radius 3 is 2.56 bits per heavy atom. The van der Waals surface area contributed by atoms with E-state index >= 15 is 0 Å².